The van der Waals surface area contributed by atoms with Gasteiger partial charge in [-0.25, -0.2) is 0 Å². The monoisotopic (exact) mass is 255 g/mol. The number of carboxylic acid groups (broad SMARTS) is 1. The number of aliphatic carboxylic acids is 1. The SMILES string of the molecule is CC(C)N1CCC(N2CCNCC2C(=O)O)CC1. The molecule has 2 aliphatic rings. The van der Waals surface area contributed by atoms with Crippen molar-refractivity contribution in [1.82, 2.24) is 15.1 Å². The lowest BCUT2D eigenvalue weighted by Crippen LogP contribution is -2.60. The molecule has 0 aliphatic carbocycles. The quantitative estimate of drug-likeness (QED) is 0.755. The molecule has 2 heterocycles. The number of hydrogen-bond donors (Lipinski definition) is 2. The smallest absolute Gasteiger partial charge is 0.322 e. The molecule has 0 aromatic heterocycles. The van der Waals surface area contributed by atoms with E-state index in [0.717, 1.165) is 39.0 Å². The first kappa shape index (κ1) is 13.8. The van der Waals surface area contributed by atoms with E-state index in [4.69, 9.17) is 0 Å². The van der Waals surface area contributed by atoms with E-state index in [1.165, 1.54) is 0 Å². The van der Waals surface area contributed by atoms with Crippen LogP contribution in [-0.2, 0) is 4.79 Å². The average molecular weight is 255 g/mol. The normalized spacial score (nSPS) is 28.7. The Kier molecular flexibility index (Phi) is 4.59. The van der Waals surface area contributed by atoms with E-state index in [9.17, 15) is 9.90 Å². The fraction of sp³-hybridized carbons (Fsp3) is 0.923. The lowest BCUT2D eigenvalue weighted by molar-refractivity contribution is -0.145. The summed E-state index contributed by atoms with van der Waals surface area (Å²) < 4.78 is 0. The zero-order valence-electron chi connectivity index (χ0n) is 11.4. The van der Waals surface area contributed by atoms with E-state index < -0.39 is 5.97 Å². The molecule has 0 saturated carbocycles. The average Bonchev–Trinajstić information content (AvgIpc) is 2.39. The standard InChI is InChI=1S/C13H25N3O2/c1-10(2)15-6-3-11(4-7-15)16-8-5-14-9-12(16)13(17)18/h10-12,14H,3-9H2,1-2H3,(H,17,18). The van der Waals surface area contributed by atoms with Crippen LogP contribution in [-0.4, -0.2) is 71.7 Å². The van der Waals surface area contributed by atoms with Crippen molar-refractivity contribution in [2.75, 3.05) is 32.7 Å². The Morgan fingerprint density at radius 3 is 2.50 bits per heavy atom. The first-order valence-corrected chi connectivity index (χ1v) is 7.03. The highest BCUT2D eigenvalue weighted by atomic mass is 16.4. The molecule has 5 nitrogen and oxygen atoms in total. The zero-order chi connectivity index (χ0) is 13.1. The molecular weight excluding hydrogens is 230 g/mol. The van der Waals surface area contributed by atoms with E-state index in [1.807, 2.05) is 0 Å². The predicted molar refractivity (Wildman–Crippen MR) is 70.7 cm³/mol. The molecular formula is C13H25N3O2. The Morgan fingerprint density at radius 2 is 1.94 bits per heavy atom. The van der Waals surface area contributed by atoms with Gasteiger partial charge >= 0.3 is 5.97 Å². The van der Waals surface area contributed by atoms with Crippen molar-refractivity contribution in [3.63, 3.8) is 0 Å². The topological polar surface area (TPSA) is 55.8 Å². The summed E-state index contributed by atoms with van der Waals surface area (Å²) in [5, 5.41) is 12.5. The largest absolute Gasteiger partial charge is 0.480 e. The van der Waals surface area contributed by atoms with Crippen LogP contribution in [0.5, 0.6) is 0 Å². The van der Waals surface area contributed by atoms with Crippen molar-refractivity contribution in [2.45, 2.75) is 44.8 Å². The molecule has 2 saturated heterocycles. The maximum absolute atomic E-state index is 11.3. The lowest BCUT2D eigenvalue weighted by atomic mass is 9.99. The van der Waals surface area contributed by atoms with Gasteiger partial charge in [0.15, 0.2) is 0 Å². The van der Waals surface area contributed by atoms with Gasteiger partial charge in [0.25, 0.3) is 0 Å². The van der Waals surface area contributed by atoms with Crippen LogP contribution < -0.4 is 5.32 Å². The maximum atomic E-state index is 11.3. The predicted octanol–water partition coefficient (Wildman–Crippen LogP) is 0.218. The number of hydrogen-bond acceptors (Lipinski definition) is 4. The first-order chi connectivity index (χ1) is 8.59. The summed E-state index contributed by atoms with van der Waals surface area (Å²) in [7, 11) is 0. The third-order valence-electron chi connectivity index (χ3n) is 4.27. The van der Waals surface area contributed by atoms with E-state index in [2.05, 4.69) is 29.0 Å². The highest BCUT2D eigenvalue weighted by molar-refractivity contribution is 5.74. The fourth-order valence-corrected chi connectivity index (χ4v) is 3.12. The molecule has 2 aliphatic heterocycles. The second-order valence-electron chi connectivity index (χ2n) is 5.66. The van der Waals surface area contributed by atoms with E-state index >= 15 is 0 Å². The van der Waals surface area contributed by atoms with Gasteiger partial charge in [-0.15, -0.1) is 0 Å². The van der Waals surface area contributed by atoms with E-state index in [0.29, 0.717) is 18.6 Å². The van der Waals surface area contributed by atoms with Crippen LogP contribution in [0.15, 0.2) is 0 Å². The lowest BCUT2D eigenvalue weighted by Gasteiger charge is -2.44. The maximum Gasteiger partial charge on any atom is 0.322 e. The highest BCUT2D eigenvalue weighted by Crippen LogP contribution is 2.21. The van der Waals surface area contributed by atoms with Gasteiger partial charge < -0.3 is 15.3 Å². The molecule has 0 spiro atoms. The van der Waals surface area contributed by atoms with Crippen molar-refractivity contribution < 1.29 is 9.90 Å². The van der Waals surface area contributed by atoms with E-state index in [-0.39, 0.29) is 6.04 Å². The molecule has 5 heteroatoms. The summed E-state index contributed by atoms with van der Waals surface area (Å²) >= 11 is 0. The van der Waals surface area contributed by atoms with Crippen LogP contribution in [0, 0.1) is 0 Å². The molecule has 2 rings (SSSR count). The molecule has 2 N–H and O–H groups in total. The first-order valence-electron chi connectivity index (χ1n) is 7.03. The Hall–Kier alpha value is -0.650. The summed E-state index contributed by atoms with van der Waals surface area (Å²) in [6.45, 7) is 9.00. The molecule has 104 valence electrons. The van der Waals surface area contributed by atoms with Crippen LogP contribution in [0.25, 0.3) is 0 Å². The number of piperidine rings is 1. The van der Waals surface area contributed by atoms with Crippen molar-refractivity contribution >= 4 is 5.97 Å². The Labute approximate surface area is 109 Å². The Balaban J connectivity index is 1.93. The molecule has 0 aromatic carbocycles. The van der Waals surface area contributed by atoms with Gasteiger partial charge in [-0.1, -0.05) is 0 Å². The van der Waals surface area contributed by atoms with Crippen LogP contribution in [0.3, 0.4) is 0 Å². The Bertz CT molecular complexity index is 288. The van der Waals surface area contributed by atoms with Crippen LogP contribution in [0.2, 0.25) is 0 Å². The number of nitrogens with one attached hydrogen (secondary N) is 1. The van der Waals surface area contributed by atoms with Crippen molar-refractivity contribution in [2.24, 2.45) is 0 Å². The summed E-state index contributed by atoms with van der Waals surface area (Å²) in [6.07, 6.45) is 2.20. The molecule has 1 unspecified atom stereocenters. The van der Waals surface area contributed by atoms with Gasteiger partial charge in [-0.05, 0) is 39.8 Å². The summed E-state index contributed by atoms with van der Waals surface area (Å²) in [5.41, 5.74) is 0. The number of carboxylic acids is 1. The van der Waals surface area contributed by atoms with Gasteiger partial charge in [0.2, 0.25) is 0 Å². The summed E-state index contributed by atoms with van der Waals surface area (Å²) in [5.74, 6) is -0.687. The third-order valence-corrected chi connectivity index (χ3v) is 4.27. The molecule has 1 atom stereocenters. The van der Waals surface area contributed by atoms with Crippen molar-refractivity contribution in [3.8, 4) is 0 Å². The molecule has 0 aromatic rings. The molecule has 0 amide bonds. The second kappa shape index (κ2) is 5.99. The van der Waals surface area contributed by atoms with Gasteiger partial charge in [0.05, 0.1) is 0 Å². The summed E-state index contributed by atoms with van der Waals surface area (Å²) in [6, 6.07) is 0.710. The minimum atomic E-state index is -0.687. The second-order valence-corrected chi connectivity index (χ2v) is 5.66. The van der Waals surface area contributed by atoms with Crippen molar-refractivity contribution in [3.05, 3.63) is 0 Å². The van der Waals surface area contributed by atoms with Crippen molar-refractivity contribution in [1.29, 1.82) is 0 Å². The number of nitrogens with zero attached hydrogens (tertiary/aromatic N) is 2. The molecule has 2 fully saturated rings. The number of piperazine rings is 1. The molecule has 18 heavy (non-hydrogen) atoms. The molecule has 0 bridgehead atoms. The minimum absolute atomic E-state index is 0.339. The number of carbonyl (C=O) groups is 1. The van der Waals surface area contributed by atoms with Gasteiger partial charge in [0, 0.05) is 31.7 Å². The Morgan fingerprint density at radius 1 is 1.28 bits per heavy atom. The van der Waals surface area contributed by atoms with Crippen LogP contribution >= 0.6 is 0 Å². The third kappa shape index (κ3) is 3.02. The van der Waals surface area contributed by atoms with Gasteiger partial charge in [-0.3, -0.25) is 9.69 Å². The minimum Gasteiger partial charge on any atom is -0.480 e. The zero-order valence-corrected chi connectivity index (χ0v) is 11.4. The van der Waals surface area contributed by atoms with E-state index in [1.54, 1.807) is 0 Å². The van der Waals surface area contributed by atoms with Crippen LogP contribution in [0.1, 0.15) is 26.7 Å². The van der Waals surface area contributed by atoms with Gasteiger partial charge in [-0.2, -0.15) is 0 Å². The number of likely N-dealkylation sites (tertiary alicyclic amines) is 1. The summed E-state index contributed by atoms with van der Waals surface area (Å²) in [4.78, 5) is 16.0. The van der Waals surface area contributed by atoms with Gasteiger partial charge in [0.1, 0.15) is 6.04 Å². The fourth-order valence-electron chi connectivity index (χ4n) is 3.12. The highest BCUT2D eigenvalue weighted by Gasteiger charge is 2.35. The molecule has 0 radical (unpaired) electrons. The number of rotatable bonds is 3. The van der Waals surface area contributed by atoms with Crippen LogP contribution in [0.4, 0.5) is 0 Å².